The topological polar surface area (TPSA) is 93.2 Å². The van der Waals surface area contributed by atoms with E-state index in [0.29, 0.717) is 29.1 Å². The van der Waals surface area contributed by atoms with Crippen LogP contribution in [-0.2, 0) is 0 Å². The van der Waals surface area contributed by atoms with Crippen molar-refractivity contribution in [3.63, 3.8) is 0 Å². The van der Waals surface area contributed by atoms with Crippen LogP contribution in [0.2, 0.25) is 0 Å². The monoisotopic (exact) mass is 516 g/mol. The first-order chi connectivity index (χ1) is 16.5. The molecule has 5 aromatic rings. The molecule has 0 amide bonds. The summed E-state index contributed by atoms with van der Waals surface area (Å²) in [5.74, 6) is 0.660. The molecule has 0 aliphatic rings. The zero-order valence-electron chi connectivity index (χ0n) is 18.3. The molecular formula is C26H21BrN4O3. The highest BCUT2D eigenvalue weighted by Gasteiger charge is 2.17. The molecule has 0 saturated carbocycles. The van der Waals surface area contributed by atoms with Gasteiger partial charge in [0.25, 0.3) is 5.56 Å². The number of oxazole rings is 1. The van der Waals surface area contributed by atoms with Crippen LogP contribution in [0, 0.1) is 6.92 Å². The largest absolute Gasteiger partial charge is 0.444 e. The average Bonchev–Trinajstić information content (AvgIpc) is 3.39. The third kappa shape index (κ3) is 4.13. The van der Waals surface area contributed by atoms with Gasteiger partial charge >= 0.3 is 0 Å². The number of nitrogens with zero attached hydrogens (tertiary/aromatic N) is 3. The van der Waals surface area contributed by atoms with Gasteiger partial charge in [-0.25, -0.2) is 4.98 Å². The second-order valence-corrected chi connectivity index (χ2v) is 8.74. The molecule has 34 heavy (non-hydrogen) atoms. The van der Waals surface area contributed by atoms with Crippen molar-refractivity contribution in [2.45, 2.75) is 6.92 Å². The molecule has 0 saturated heterocycles. The van der Waals surface area contributed by atoms with Crippen molar-refractivity contribution in [1.29, 1.82) is 0 Å². The first-order valence-electron chi connectivity index (χ1n) is 10.7. The van der Waals surface area contributed by atoms with Crippen molar-refractivity contribution in [2.75, 3.05) is 18.5 Å². The molecule has 8 heteroatoms. The number of halogens is 1. The van der Waals surface area contributed by atoms with Crippen LogP contribution in [0.25, 0.3) is 39.0 Å². The lowest BCUT2D eigenvalue weighted by Crippen LogP contribution is -2.23. The number of nitrogens with one attached hydrogen (secondary N) is 1. The van der Waals surface area contributed by atoms with Crippen molar-refractivity contribution < 1.29 is 9.52 Å². The highest BCUT2D eigenvalue weighted by atomic mass is 79.9. The van der Waals surface area contributed by atoms with Gasteiger partial charge in [0.05, 0.1) is 29.6 Å². The van der Waals surface area contributed by atoms with E-state index in [1.165, 1.54) is 11.1 Å². The molecule has 3 aromatic carbocycles. The fourth-order valence-electron chi connectivity index (χ4n) is 3.97. The lowest BCUT2D eigenvalue weighted by atomic mass is 9.99. The first kappa shape index (κ1) is 22.1. The van der Waals surface area contributed by atoms with Gasteiger partial charge in [0.1, 0.15) is 0 Å². The highest BCUT2D eigenvalue weighted by Crippen LogP contribution is 2.32. The molecule has 5 rings (SSSR count). The molecule has 0 fully saturated rings. The number of benzene rings is 3. The number of aliphatic hydroxyl groups excluding tert-OH is 1. The van der Waals surface area contributed by atoms with E-state index < -0.39 is 0 Å². The van der Waals surface area contributed by atoms with Crippen molar-refractivity contribution in [3.05, 3.63) is 93.6 Å². The third-order valence-electron chi connectivity index (χ3n) is 5.49. The van der Waals surface area contributed by atoms with Crippen molar-refractivity contribution >= 4 is 32.4 Å². The number of aliphatic hydroxyl groups is 1. The molecule has 0 atom stereocenters. The van der Waals surface area contributed by atoms with E-state index in [0.717, 1.165) is 32.2 Å². The van der Waals surface area contributed by atoms with Gasteiger partial charge in [0.2, 0.25) is 0 Å². The molecular weight excluding hydrogens is 496 g/mol. The first-order valence-corrected chi connectivity index (χ1v) is 11.5. The van der Waals surface area contributed by atoms with Gasteiger partial charge in [0, 0.05) is 33.2 Å². The summed E-state index contributed by atoms with van der Waals surface area (Å²) in [5.41, 5.74) is 4.61. The zero-order valence-corrected chi connectivity index (χ0v) is 19.9. The van der Waals surface area contributed by atoms with Crippen LogP contribution >= 0.6 is 15.9 Å². The Bertz CT molecular complexity index is 1540. The summed E-state index contributed by atoms with van der Waals surface area (Å²) in [7, 11) is 0. The van der Waals surface area contributed by atoms with Gasteiger partial charge < -0.3 is 14.8 Å². The lowest BCUT2D eigenvalue weighted by molar-refractivity contribution is 0.311. The predicted octanol–water partition coefficient (Wildman–Crippen LogP) is 5.18. The Morgan fingerprint density at radius 1 is 1.06 bits per heavy atom. The highest BCUT2D eigenvalue weighted by molar-refractivity contribution is 9.10. The predicted molar refractivity (Wildman–Crippen MR) is 136 cm³/mol. The van der Waals surface area contributed by atoms with Crippen LogP contribution in [0.15, 0.2) is 86.9 Å². The summed E-state index contributed by atoms with van der Waals surface area (Å²) in [6.07, 6.45) is 3.08. The van der Waals surface area contributed by atoms with Crippen LogP contribution in [0.5, 0.6) is 0 Å². The minimum Gasteiger partial charge on any atom is -0.444 e. The maximum absolute atomic E-state index is 13.5. The van der Waals surface area contributed by atoms with Crippen molar-refractivity contribution in [1.82, 2.24) is 14.8 Å². The Kier molecular flexibility index (Phi) is 6.00. The quantitative estimate of drug-likeness (QED) is 0.322. The molecule has 7 nitrogen and oxygen atoms in total. The van der Waals surface area contributed by atoms with Gasteiger partial charge in [-0.1, -0.05) is 18.2 Å². The summed E-state index contributed by atoms with van der Waals surface area (Å²) in [6.45, 7) is 2.42. The second-order valence-electron chi connectivity index (χ2n) is 7.88. The lowest BCUT2D eigenvalue weighted by Gasteiger charge is -2.15. The average molecular weight is 517 g/mol. The van der Waals surface area contributed by atoms with E-state index in [9.17, 15) is 4.79 Å². The van der Waals surface area contributed by atoms with E-state index in [1.54, 1.807) is 6.20 Å². The van der Waals surface area contributed by atoms with E-state index in [1.807, 2.05) is 67.6 Å². The van der Waals surface area contributed by atoms with Crippen molar-refractivity contribution in [3.8, 4) is 28.3 Å². The second kappa shape index (κ2) is 9.24. The van der Waals surface area contributed by atoms with Crippen LogP contribution < -0.4 is 10.9 Å². The van der Waals surface area contributed by atoms with E-state index in [2.05, 4.69) is 26.2 Å². The fourth-order valence-corrected chi connectivity index (χ4v) is 4.39. The number of rotatable bonds is 6. The number of aryl methyl sites for hydroxylation is 1. The number of hydrogen-bond acceptors (Lipinski definition) is 6. The van der Waals surface area contributed by atoms with E-state index in [-0.39, 0.29) is 12.2 Å². The molecule has 0 unspecified atom stereocenters. The van der Waals surface area contributed by atoms with Crippen LogP contribution in [0.4, 0.5) is 5.69 Å². The Morgan fingerprint density at radius 3 is 2.62 bits per heavy atom. The van der Waals surface area contributed by atoms with Crippen LogP contribution in [0.1, 0.15) is 5.56 Å². The SMILES string of the molecule is Cc1cc(-c2cnco2)cc(-c2nn(-c3cc(NCCO)ccc3Br)c(=O)c3ccccc23)c1. The van der Waals surface area contributed by atoms with Gasteiger partial charge in [0.15, 0.2) is 12.2 Å². The summed E-state index contributed by atoms with van der Waals surface area (Å²) in [5, 5.41) is 18.5. The number of hydrogen-bond donors (Lipinski definition) is 2. The van der Waals surface area contributed by atoms with Gasteiger partial charge in [-0.2, -0.15) is 9.78 Å². The molecule has 0 spiro atoms. The molecule has 170 valence electrons. The minimum atomic E-state index is -0.220. The Labute approximate surface area is 203 Å². The molecule has 0 radical (unpaired) electrons. The maximum atomic E-state index is 13.5. The smallest absolute Gasteiger partial charge is 0.279 e. The molecule has 2 aromatic heterocycles. The summed E-state index contributed by atoms with van der Waals surface area (Å²) in [4.78, 5) is 17.5. The fraction of sp³-hybridized carbons (Fsp3) is 0.115. The molecule has 2 N–H and O–H groups in total. The summed E-state index contributed by atoms with van der Waals surface area (Å²) >= 11 is 3.57. The number of fused-ring (bicyclic) bond motifs is 1. The summed E-state index contributed by atoms with van der Waals surface area (Å²) < 4.78 is 7.65. The standard InChI is InChI=1S/C26H21BrN4O3/c1-16-10-17(24-14-28-15-34-24)12-18(11-16)25-20-4-2-3-5-21(20)26(33)31(30-25)23-13-19(29-8-9-32)6-7-22(23)27/h2-7,10-15,29,32H,8-9H2,1H3. The number of anilines is 1. The Morgan fingerprint density at radius 2 is 1.85 bits per heavy atom. The van der Waals surface area contributed by atoms with Gasteiger partial charge in [-0.3, -0.25) is 4.79 Å². The molecule has 0 bridgehead atoms. The van der Waals surface area contributed by atoms with E-state index in [4.69, 9.17) is 14.6 Å². The molecule has 0 aliphatic heterocycles. The van der Waals surface area contributed by atoms with Gasteiger partial charge in [-0.05, 0) is 70.9 Å². The molecule has 0 aliphatic carbocycles. The Balaban J connectivity index is 1.76. The third-order valence-corrected chi connectivity index (χ3v) is 6.16. The van der Waals surface area contributed by atoms with Gasteiger partial charge in [-0.15, -0.1) is 0 Å². The van der Waals surface area contributed by atoms with Crippen LogP contribution in [-0.4, -0.2) is 33.0 Å². The summed E-state index contributed by atoms with van der Waals surface area (Å²) in [6, 6.07) is 19.1. The zero-order chi connectivity index (χ0) is 23.7. The molecule has 2 heterocycles. The van der Waals surface area contributed by atoms with E-state index >= 15 is 0 Å². The normalized spacial score (nSPS) is 11.1. The van der Waals surface area contributed by atoms with Crippen LogP contribution in [0.3, 0.4) is 0 Å². The Hall–Kier alpha value is -3.75. The minimum absolute atomic E-state index is 0.00456. The number of aromatic nitrogens is 3. The maximum Gasteiger partial charge on any atom is 0.279 e. The van der Waals surface area contributed by atoms with Crippen molar-refractivity contribution in [2.24, 2.45) is 0 Å².